The molecule has 0 aliphatic rings. The van der Waals surface area contributed by atoms with Crippen LogP contribution >= 0.6 is 0 Å². The minimum Gasteiger partial charge on any atom is -0.294 e. The molecule has 0 saturated heterocycles. The Balaban J connectivity index is 1.73. The first-order chi connectivity index (χ1) is 14.3. The van der Waals surface area contributed by atoms with Gasteiger partial charge in [0.05, 0.1) is 16.6 Å². The molecular formula is C23H15F3N2O2. The van der Waals surface area contributed by atoms with E-state index < -0.39 is 11.7 Å². The molecule has 0 atom stereocenters. The number of fused-ring (bicyclic) bond motifs is 1. The van der Waals surface area contributed by atoms with Gasteiger partial charge in [-0.3, -0.25) is 9.59 Å². The minimum absolute atomic E-state index is 0.188. The van der Waals surface area contributed by atoms with Crippen LogP contribution in [0.2, 0.25) is 0 Å². The molecule has 4 nitrogen and oxygen atoms in total. The molecule has 1 heterocycles. The van der Waals surface area contributed by atoms with Gasteiger partial charge in [0.2, 0.25) is 0 Å². The second-order valence-corrected chi connectivity index (χ2v) is 6.83. The van der Waals surface area contributed by atoms with E-state index in [4.69, 9.17) is 0 Å². The van der Waals surface area contributed by atoms with Gasteiger partial charge >= 0.3 is 6.18 Å². The van der Waals surface area contributed by atoms with E-state index in [1.807, 2.05) is 30.3 Å². The van der Waals surface area contributed by atoms with Crippen LogP contribution in [0.3, 0.4) is 0 Å². The molecule has 4 aromatic rings. The number of nitrogens with zero attached hydrogens (tertiary/aromatic N) is 1. The number of ketones is 1. The van der Waals surface area contributed by atoms with Crippen LogP contribution < -0.4 is 5.56 Å². The predicted molar refractivity (Wildman–Crippen MR) is 107 cm³/mol. The van der Waals surface area contributed by atoms with Gasteiger partial charge in [-0.1, -0.05) is 54.6 Å². The molecule has 0 fully saturated rings. The zero-order valence-electron chi connectivity index (χ0n) is 15.5. The average molecular weight is 408 g/mol. The van der Waals surface area contributed by atoms with Crippen molar-refractivity contribution >= 4 is 16.6 Å². The van der Waals surface area contributed by atoms with Crippen molar-refractivity contribution in [3.05, 3.63) is 99.8 Å². The Bertz CT molecular complexity index is 1300. The number of aromatic amines is 1. The van der Waals surface area contributed by atoms with Gasteiger partial charge in [0.1, 0.15) is 0 Å². The van der Waals surface area contributed by atoms with Crippen LogP contribution in [-0.4, -0.2) is 16.0 Å². The van der Waals surface area contributed by atoms with E-state index in [9.17, 15) is 22.8 Å². The third-order valence-electron chi connectivity index (χ3n) is 4.78. The number of halogens is 3. The van der Waals surface area contributed by atoms with E-state index in [0.717, 1.165) is 17.7 Å². The zero-order valence-corrected chi connectivity index (χ0v) is 15.5. The fourth-order valence-corrected chi connectivity index (χ4v) is 3.30. The molecule has 1 N–H and O–H groups in total. The van der Waals surface area contributed by atoms with Crippen molar-refractivity contribution in [1.29, 1.82) is 0 Å². The Morgan fingerprint density at radius 2 is 1.67 bits per heavy atom. The van der Waals surface area contributed by atoms with E-state index in [-0.39, 0.29) is 23.3 Å². The van der Waals surface area contributed by atoms with Crippen molar-refractivity contribution in [3.8, 4) is 11.3 Å². The van der Waals surface area contributed by atoms with Gasteiger partial charge in [-0.15, -0.1) is 0 Å². The topological polar surface area (TPSA) is 62.8 Å². The molecule has 1 aromatic heterocycles. The second-order valence-electron chi connectivity index (χ2n) is 6.83. The summed E-state index contributed by atoms with van der Waals surface area (Å²) in [6.07, 6.45) is -4.66. The smallest absolute Gasteiger partial charge is 0.294 e. The summed E-state index contributed by atoms with van der Waals surface area (Å²) in [7, 11) is 0. The number of aromatic nitrogens is 2. The maximum atomic E-state index is 12.9. The molecule has 0 spiro atoms. The monoisotopic (exact) mass is 408 g/mol. The molecule has 0 amide bonds. The molecule has 0 saturated carbocycles. The van der Waals surface area contributed by atoms with Crippen LogP contribution in [0.1, 0.15) is 21.5 Å². The summed E-state index contributed by atoms with van der Waals surface area (Å²) < 4.78 is 38.8. The summed E-state index contributed by atoms with van der Waals surface area (Å²) in [5.74, 6) is -0.351. The number of Topliss-reactive ketones (excluding diaryl/α,β-unsaturated/α-hetero) is 1. The largest absolute Gasteiger partial charge is 0.416 e. The lowest BCUT2D eigenvalue weighted by molar-refractivity contribution is -0.137. The summed E-state index contributed by atoms with van der Waals surface area (Å²) in [6, 6.07) is 18.5. The van der Waals surface area contributed by atoms with E-state index in [1.54, 1.807) is 6.07 Å². The maximum absolute atomic E-state index is 12.9. The Hall–Kier alpha value is -3.74. The number of hydrogen-bond acceptors (Lipinski definition) is 3. The van der Waals surface area contributed by atoms with E-state index in [0.29, 0.717) is 22.0 Å². The molecule has 3 aromatic carbocycles. The number of carbonyl (C=O) groups excluding carboxylic acids is 1. The Morgan fingerprint density at radius 1 is 0.900 bits per heavy atom. The summed E-state index contributed by atoms with van der Waals surface area (Å²) in [5, 5.41) is 7.45. The van der Waals surface area contributed by atoms with Crippen LogP contribution in [0.25, 0.3) is 22.0 Å². The van der Waals surface area contributed by atoms with Crippen molar-refractivity contribution in [2.24, 2.45) is 0 Å². The van der Waals surface area contributed by atoms with Crippen LogP contribution in [-0.2, 0) is 12.6 Å². The second kappa shape index (κ2) is 7.59. The number of nitrogens with one attached hydrogen (secondary N) is 1. The van der Waals surface area contributed by atoms with Crippen LogP contribution in [0.15, 0.2) is 77.6 Å². The molecule has 0 unspecified atom stereocenters. The molecule has 0 bridgehead atoms. The highest BCUT2D eigenvalue weighted by Gasteiger charge is 2.30. The Morgan fingerprint density at radius 3 is 2.40 bits per heavy atom. The predicted octanol–water partition coefficient (Wildman–Crippen LogP) is 5.03. The normalized spacial score (nSPS) is 11.6. The van der Waals surface area contributed by atoms with Crippen molar-refractivity contribution in [1.82, 2.24) is 10.2 Å². The van der Waals surface area contributed by atoms with Gasteiger partial charge in [0, 0.05) is 22.9 Å². The van der Waals surface area contributed by atoms with E-state index >= 15 is 0 Å². The molecule has 7 heteroatoms. The molecule has 0 aliphatic carbocycles. The zero-order chi connectivity index (χ0) is 21.3. The summed E-state index contributed by atoms with van der Waals surface area (Å²) in [6.45, 7) is 0. The van der Waals surface area contributed by atoms with E-state index in [2.05, 4.69) is 10.2 Å². The van der Waals surface area contributed by atoms with Crippen molar-refractivity contribution < 1.29 is 18.0 Å². The van der Waals surface area contributed by atoms with Crippen molar-refractivity contribution in [3.63, 3.8) is 0 Å². The fourth-order valence-electron chi connectivity index (χ4n) is 3.30. The van der Waals surface area contributed by atoms with Gasteiger partial charge in [-0.25, -0.2) is 5.10 Å². The third kappa shape index (κ3) is 3.87. The summed E-state index contributed by atoms with van der Waals surface area (Å²) >= 11 is 0. The van der Waals surface area contributed by atoms with Crippen LogP contribution in [0.5, 0.6) is 0 Å². The number of hydrogen-bond donors (Lipinski definition) is 1. The van der Waals surface area contributed by atoms with Gasteiger partial charge in [0.25, 0.3) is 5.56 Å². The Labute approximate surface area is 169 Å². The molecule has 150 valence electrons. The lowest BCUT2D eigenvalue weighted by Gasteiger charge is -2.09. The fraction of sp³-hybridized carbons (Fsp3) is 0.0870. The van der Waals surface area contributed by atoms with Crippen LogP contribution in [0, 0.1) is 0 Å². The van der Waals surface area contributed by atoms with Crippen molar-refractivity contribution in [2.75, 3.05) is 0 Å². The minimum atomic E-state index is -4.47. The van der Waals surface area contributed by atoms with Crippen LogP contribution in [0.4, 0.5) is 13.2 Å². The first-order valence-electron chi connectivity index (χ1n) is 9.10. The number of alkyl halides is 3. The number of carbonyl (C=O) groups is 1. The maximum Gasteiger partial charge on any atom is 0.416 e. The van der Waals surface area contributed by atoms with Crippen molar-refractivity contribution in [2.45, 2.75) is 12.6 Å². The van der Waals surface area contributed by atoms with Gasteiger partial charge < -0.3 is 0 Å². The molecular weight excluding hydrogens is 393 g/mol. The first kappa shape index (κ1) is 19.6. The SMILES string of the molecule is O=C(Cc1cccc(C(F)(F)F)c1)c1ccc2c(=O)[nH]nc(-c3ccccc3)c2c1. The highest BCUT2D eigenvalue weighted by atomic mass is 19.4. The number of H-pyrrole nitrogens is 1. The van der Waals surface area contributed by atoms with E-state index in [1.165, 1.54) is 24.3 Å². The summed E-state index contributed by atoms with van der Waals surface area (Å²) in [4.78, 5) is 24.9. The number of benzene rings is 3. The molecule has 4 rings (SSSR count). The lowest BCUT2D eigenvalue weighted by atomic mass is 9.97. The van der Waals surface area contributed by atoms with Gasteiger partial charge in [-0.2, -0.15) is 18.3 Å². The molecule has 30 heavy (non-hydrogen) atoms. The summed E-state index contributed by atoms with van der Waals surface area (Å²) in [5.41, 5.74) is 0.654. The highest BCUT2D eigenvalue weighted by molar-refractivity contribution is 6.03. The average Bonchev–Trinajstić information content (AvgIpc) is 2.74. The first-order valence-corrected chi connectivity index (χ1v) is 9.10. The highest BCUT2D eigenvalue weighted by Crippen LogP contribution is 2.30. The number of rotatable bonds is 4. The third-order valence-corrected chi connectivity index (χ3v) is 4.78. The van der Waals surface area contributed by atoms with Gasteiger partial charge in [-0.05, 0) is 23.8 Å². The molecule has 0 radical (unpaired) electrons. The standard InChI is InChI=1S/C23H15F3N2O2/c24-23(25,26)17-8-4-5-14(11-17)12-20(29)16-9-10-18-19(13-16)21(27-28-22(18)30)15-6-2-1-3-7-15/h1-11,13H,12H2,(H,28,30). The molecule has 0 aliphatic heterocycles. The van der Waals surface area contributed by atoms with Gasteiger partial charge in [0.15, 0.2) is 5.78 Å². The Kier molecular flexibility index (Phi) is 4.95. The quantitative estimate of drug-likeness (QED) is 0.482. The lowest BCUT2D eigenvalue weighted by Crippen LogP contribution is -2.11.